The van der Waals surface area contributed by atoms with Gasteiger partial charge in [-0.1, -0.05) is 0 Å². The molecule has 3 heteroatoms. The van der Waals surface area contributed by atoms with Gasteiger partial charge in [0, 0.05) is 0 Å². The van der Waals surface area contributed by atoms with E-state index in [4.69, 9.17) is 5.11 Å². The molecule has 1 N–H and O–H groups in total. The average Bonchev–Trinajstić information content (AvgIpc) is 2.12. The van der Waals surface area contributed by atoms with Gasteiger partial charge in [0.2, 0.25) is 0 Å². The fraction of sp³-hybridized carbons (Fsp3) is 0.400. The SMILES string of the molecule is O=C(O)I1C=CCC1. The molecule has 1 rings (SSSR count). The molecule has 0 saturated heterocycles. The Morgan fingerprint density at radius 2 is 2.50 bits per heavy atom. The molecule has 1 aliphatic rings. The molecule has 2 nitrogen and oxygen atoms in total. The molecule has 0 aliphatic carbocycles. The second-order valence-corrected chi connectivity index (χ2v) is 6.48. The Morgan fingerprint density at radius 3 is 2.75 bits per heavy atom. The molecule has 0 radical (unpaired) electrons. The van der Waals surface area contributed by atoms with E-state index in [-0.39, 0.29) is 0 Å². The monoisotopic (exact) mass is 226 g/mol. The van der Waals surface area contributed by atoms with Gasteiger partial charge in [0.25, 0.3) is 0 Å². The van der Waals surface area contributed by atoms with Crippen LogP contribution >= 0.6 is 19.8 Å². The van der Waals surface area contributed by atoms with Crippen LogP contribution in [0.3, 0.4) is 0 Å². The molecule has 0 unspecified atom stereocenters. The molecule has 1 aliphatic heterocycles. The normalized spacial score (nSPS) is 21.8. The molecule has 0 aromatic heterocycles. The van der Waals surface area contributed by atoms with Gasteiger partial charge in [-0.15, -0.1) is 0 Å². The van der Waals surface area contributed by atoms with E-state index in [1.165, 1.54) is 0 Å². The Kier molecular flexibility index (Phi) is 1.88. The fourth-order valence-electron chi connectivity index (χ4n) is 0.549. The van der Waals surface area contributed by atoms with Crippen molar-refractivity contribution in [2.24, 2.45) is 0 Å². The van der Waals surface area contributed by atoms with Crippen molar-refractivity contribution in [2.45, 2.75) is 6.42 Å². The van der Waals surface area contributed by atoms with E-state index in [2.05, 4.69) is 0 Å². The van der Waals surface area contributed by atoms with E-state index in [1.54, 1.807) is 0 Å². The second kappa shape index (κ2) is 2.48. The molecule has 1 heterocycles. The fourth-order valence-corrected chi connectivity index (χ4v) is 3.68. The molecule has 0 fully saturated rings. The van der Waals surface area contributed by atoms with Gasteiger partial charge in [-0.05, 0) is 0 Å². The number of hydrogen-bond acceptors (Lipinski definition) is 1. The number of allylic oxidation sites excluding steroid dienone is 1. The molecule has 0 spiro atoms. The maximum atomic E-state index is 10.2. The number of carbonyl (C=O) groups is 1. The van der Waals surface area contributed by atoms with Gasteiger partial charge in [-0.25, -0.2) is 0 Å². The summed E-state index contributed by atoms with van der Waals surface area (Å²) in [6, 6.07) is 0. The molecule has 0 atom stereocenters. The third kappa shape index (κ3) is 1.21. The van der Waals surface area contributed by atoms with E-state index in [0.717, 1.165) is 10.8 Å². The zero-order chi connectivity index (χ0) is 5.98. The molecule has 46 valence electrons. The van der Waals surface area contributed by atoms with E-state index in [9.17, 15) is 4.79 Å². The standard InChI is InChI=1S/C5H7IO2/c7-5(8)6-3-1-2-4-6/h1,3H,2,4H2,(H,7,8). The Bertz CT molecular complexity index is 130. The summed E-state index contributed by atoms with van der Waals surface area (Å²) in [5.74, 6) is 0. The van der Waals surface area contributed by atoms with E-state index >= 15 is 0 Å². The van der Waals surface area contributed by atoms with Gasteiger partial charge in [0.15, 0.2) is 0 Å². The van der Waals surface area contributed by atoms with Crippen LogP contribution in [0.5, 0.6) is 0 Å². The molecular formula is C5H7IO2. The van der Waals surface area contributed by atoms with Crippen LogP contribution in [0.2, 0.25) is 0 Å². The Labute approximate surface area is 55.0 Å². The van der Waals surface area contributed by atoms with Crippen LogP contribution in [0.1, 0.15) is 6.42 Å². The van der Waals surface area contributed by atoms with Gasteiger partial charge in [0.05, 0.1) is 0 Å². The predicted molar refractivity (Wildman–Crippen MR) is 40.7 cm³/mol. The Morgan fingerprint density at radius 1 is 1.75 bits per heavy atom. The van der Waals surface area contributed by atoms with Crippen LogP contribution in [-0.2, 0) is 0 Å². The summed E-state index contributed by atoms with van der Waals surface area (Å²) >= 11 is -1.57. The zero-order valence-electron chi connectivity index (χ0n) is 4.30. The molecule has 0 amide bonds. The molecule has 0 aromatic carbocycles. The third-order valence-electron chi connectivity index (χ3n) is 0.928. The van der Waals surface area contributed by atoms with Crippen molar-refractivity contribution in [2.75, 3.05) is 4.43 Å². The van der Waals surface area contributed by atoms with Gasteiger partial charge < -0.3 is 0 Å². The summed E-state index contributed by atoms with van der Waals surface area (Å²) in [5, 5.41) is 8.43. The number of hydrogen-bond donors (Lipinski definition) is 1. The summed E-state index contributed by atoms with van der Waals surface area (Å²) < 4.78 is 2.31. The van der Waals surface area contributed by atoms with Gasteiger partial charge >= 0.3 is 54.7 Å². The average molecular weight is 226 g/mol. The van der Waals surface area contributed by atoms with Crippen molar-refractivity contribution < 1.29 is 9.90 Å². The molecule has 0 aromatic rings. The number of alkyl halides is 1. The van der Waals surface area contributed by atoms with E-state index in [1.807, 2.05) is 10.2 Å². The van der Waals surface area contributed by atoms with Crippen molar-refractivity contribution >= 4 is 23.8 Å². The van der Waals surface area contributed by atoms with Crippen LogP contribution in [0, 0.1) is 0 Å². The van der Waals surface area contributed by atoms with E-state index < -0.39 is 23.8 Å². The first-order valence-electron chi connectivity index (χ1n) is 2.34. The molecular weight excluding hydrogens is 219 g/mol. The van der Waals surface area contributed by atoms with Crippen LogP contribution in [0.25, 0.3) is 0 Å². The van der Waals surface area contributed by atoms with Crippen LogP contribution in [-0.4, -0.2) is 13.5 Å². The van der Waals surface area contributed by atoms with Crippen molar-refractivity contribution in [1.82, 2.24) is 0 Å². The second-order valence-electron chi connectivity index (χ2n) is 1.49. The van der Waals surface area contributed by atoms with Crippen molar-refractivity contribution in [3.05, 3.63) is 10.2 Å². The van der Waals surface area contributed by atoms with Crippen LogP contribution < -0.4 is 0 Å². The third-order valence-corrected chi connectivity index (χ3v) is 5.28. The molecule has 0 saturated carbocycles. The van der Waals surface area contributed by atoms with Gasteiger partial charge in [-0.2, -0.15) is 0 Å². The van der Waals surface area contributed by atoms with Gasteiger partial charge in [0.1, 0.15) is 0 Å². The topological polar surface area (TPSA) is 37.3 Å². The first-order chi connectivity index (χ1) is 3.80. The number of halogens is 1. The van der Waals surface area contributed by atoms with Gasteiger partial charge in [-0.3, -0.25) is 0 Å². The van der Waals surface area contributed by atoms with Crippen LogP contribution in [0.15, 0.2) is 10.2 Å². The number of rotatable bonds is 1. The summed E-state index contributed by atoms with van der Waals surface area (Å²) in [6.45, 7) is 0. The van der Waals surface area contributed by atoms with Crippen molar-refractivity contribution in [1.29, 1.82) is 0 Å². The summed E-state index contributed by atoms with van der Waals surface area (Å²) in [7, 11) is 0. The van der Waals surface area contributed by atoms with Crippen LogP contribution in [0.4, 0.5) is 4.79 Å². The summed E-state index contributed by atoms with van der Waals surface area (Å²) in [6.07, 6.45) is 2.98. The van der Waals surface area contributed by atoms with Crippen molar-refractivity contribution in [3.8, 4) is 0 Å². The number of carboxylic acid groups (broad SMARTS) is 1. The Balaban J connectivity index is 2.48. The first-order valence-corrected chi connectivity index (χ1v) is 6.19. The molecule has 8 heavy (non-hydrogen) atoms. The Hall–Kier alpha value is -0.0600. The molecule has 0 bridgehead atoms. The maximum absolute atomic E-state index is 10.2. The minimum absolute atomic E-state index is 0.539. The first kappa shape index (κ1) is 6.07. The zero-order valence-corrected chi connectivity index (χ0v) is 6.46. The summed E-state index contributed by atoms with van der Waals surface area (Å²) in [4.78, 5) is 10.2. The summed E-state index contributed by atoms with van der Waals surface area (Å²) in [5.41, 5.74) is 0. The quantitative estimate of drug-likeness (QED) is 0.422. The predicted octanol–water partition coefficient (Wildman–Crippen LogP) is 2.09. The minimum atomic E-state index is -1.57. The van der Waals surface area contributed by atoms with E-state index in [0.29, 0.717) is 0 Å². The van der Waals surface area contributed by atoms with Crippen molar-refractivity contribution in [3.63, 3.8) is 0 Å².